The number of urea groups is 1. The summed E-state index contributed by atoms with van der Waals surface area (Å²) < 4.78 is 13.8. The number of carbonyl (C=O) groups excluding carboxylic acids is 2. The van der Waals surface area contributed by atoms with E-state index >= 15 is 0 Å². The van der Waals surface area contributed by atoms with Gasteiger partial charge >= 0.3 is 6.03 Å². The molecule has 5 aromatic carbocycles. The van der Waals surface area contributed by atoms with E-state index in [2.05, 4.69) is 27.7 Å². The number of hydrogen-bond acceptors (Lipinski definition) is 7. The highest BCUT2D eigenvalue weighted by Gasteiger charge is 2.43. The van der Waals surface area contributed by atoms with E-state index in [1.165, 1.54) is 6.92 Å². The predicted octanol–water partition coefficient (Wildman–Crippen LogP) is 7.49. The maximum Gasteiger partial charge on any atom is 0.319 e. The zero-order valence-electron chi connectivity index (χ0n) is 30.9. The van der Waals surface area contributed by atoms with Crippen molar-refractivity contribution in [1.82, 2.24) is 10.2 Å². The Hall–Kier alpha value is -5.16. The van der Waals surface area contributed by atoms with E-state index in [0.717, 1.165) is 27.8 Å². The van der Waals surface area contributed by atoms with E-state index in [1.54, 1.807) is 6.07 Å². The summed E-state index contributed by atoms with van der Waals surface area (Å²) in [6, 6.07) is 43.1. The molecule has 5 aromatic rings. The van der Waals surface area contributed by atoms with E-state index in [-0.39, 0.29) is 24.3 Å². The Labute approximate surface area is 317 Å². The maximum atomic E-state index is 13.2. The Morgan fingerprint density at radius 3 is 2.04 bits per heavy atom. The number of benzene rings is 5. The maximum absolute atomic E-state index is 13.2. The van der Waals surface area contributed by atoms with Crippen molar-refractivity contribution < 1.29 is 29.3 Å². The Balaban J connectivity index is 1.28. The van der Waals surface area contributed by atoms with E-state index in [4.69, 9.17) is 9.47 Å². The minimum atomic E-state index is -0.812. The molecule has 0 bridgehead atoms. The number of carbonyl (C=O) groups is 2. The minimum Gasteiger partial charge on any atom is -0.392 e. The zero-order chi connectivity index (χ0) is 38.0. The normalized spacial score (nSPS) is 20.1. The highest BCUT2D eigenvalue weighted by molar-refractivity contribution is 5.93. The molecule has 0 aromatic heterocycles. The molecule has 0 spiro atoms. The monoisotopic (exact) mass is 727 g/mol. The first-order valence-corrected chi connectivity index (χ1v) is 18.4. The van der Waals surface area contributed by atoms with Gasteiger partial charge in [0.05, 0.1) is 31.0 Å². The van der Waals surface area contributed by atoms with E-state index in [0.29, 0.717) is 24.2 Å². The highest BCUT2D eigenvalue weighted by Crippen LogP contribution is 2.47. The van der Waals surface area contributed by atoms with Gasteiger partial charge in [-0.15, -0.1) is 0 Å². The van der Waals surface area contributed by atoms with Gasteiger partial charge in [-0.2, -0.15) is 0 Å². The average molecular weight is 728 g/mol. The van der Waals surface area contributed by atoms with Gasteiger partial charge in [-0.05, 0) is 67.3 Å². The summed E-state index contributed by atoms with van der Waals surface area (Å²) in [7, 11) is 1.99. The van der Waals surface area contributed by atoms with Crippen LogP contribution in [0.2, 0.25) is 0 Å². The van der Waals surface area contributed by atoms with Crippen LogP contribution in [0.15, 0.2) is 140 Å². The molecule has 0 radical (unpaired) electrons. The molecule has 1 heterocycles. The lowest BCUT2D eigenvalue weighted by Gasteiger charge is -2.45. The Morgan fingerprint density at radius 1 is 0.759 bits per heavy atom. The number of amides is 2. The minimum absolute atomic E-state index is 0.0680. The summed E-state index contributed by atoms with van der Waals surface area (Å²) in [5.41, 5.74) is 5.78. The number of aliphatic hydroxyl groups is 2. The largest absolute Gasteiger partial charge is 0.392 e. The fourth-order valence-electron chi connectivity index (χ4n) is 7.02. The Kier molecular flexibility index (Phi) is 13.0. The molecule has 0 saturated carbocycles. The molecule has 1 fully saturated rings. The van der Waals surface area contributed by atoms with Crippen molar-refractivity contribution in [3.63, 3.8) is 0 Å². The summed E-state index contributed by atoms with van der Waals surface area (Å²) in [4.78, 5) is 27.8. The molecule has 7 unspecified atom stereocenters. The van der Waals surface area contributed by atoms with Crippen LogP contribution in [0.5, 0.6) is 0 Å². The number of aliphatic hydroxyl groups excluding tert-OH is 2. The number of anilines is 1. The van der Waals surface area contributed by atoms with Gasteiger partial charge in [0.1, 0.15) is 0 Å². The first-order chi connectivity index (χ1) is 26.2. The molecular weight excluding hydrogens is 679 g/mol. The number of ketones is 1. The van der Waals surface area contributed by atoms with Crippen LogP contribution in [0, 0.1) is 0 Å². The molecule has 0 aliphatic carbocycles. The molecule has 1 aliphatic rings. The summed E-state index contributed by atoms with van der Waals surface area (Å²) in [6.45, 7) is 3.89. The summed E-state index contributed by atoms with van der Waals surface area (Å²) in [6.07, 6.45) is -1.98. The number of hydrogen-bond donors (Lipinski definition) is 4. The van der Waals surface area contributed by atoms with Crippen molar-refractivity contribution >= 4 is 17.5 Å². The van der Waals surface area contributed by atoms with Crippen LogP contribution in [-0.4, -0.2) is 58.7 Å². The molecule has 54 heavy (non-hydrogen) atoms. The van der Waals surface area contributed by atoms with Crippen molar-refractivity contribution in [3.8, 4) is 0 Å². The second-order valence-electron chi connectivity index (χ2n) is 14.0. The number of nitrogens with one attached hydrogen (secondary N) is 2. The second-order valence-corrected chi connectivity index (χ2v) is 14.0. The number of nitrogens with zero attached hydrogens (tertiary/aromatic N) is 1. The molecule has 7 atom stereocenters. The van der Waals surface area contributed by atoms with Crippen LogP contribution in [0.3, 0.4) is 0 Å². The van der Waals surface area contributed by atoms with Crippen LogP contribution in [-0.2, 0) is 27.3 Å². The summed E-state index contributed by atoms with van der Waals surface area (Å²) in [5, 5.41) is 26.9. The fraction of sp³-hybridized carbons (Fsp3) is 0.289. The lowest BCUT2D eigenvalue weighted by atomic mass is 9.83. The van der Waals surface area contributed by atoms with Crippen LogP contribution >= 0.6 is 0 Å². The van der Waals surface area contributed by atoms with E-state index < -0.39 is 36.7 Å². The molecule has 1 saturated heterocycles. The van der Waals surface area contributed by atoms with Crippen LogP contribution in [0.4, 0.5) is 10.5 Å². The van der Waals surface area contributed by atoms with Crippen molar-refractivity contribution in [1.29, 1.82) is 0 Å². The summed E-state index contributed by atoms with van der Waals surface area (Å²) >= 11 is 0. The Morgan fingerprint density at radius 2 is 1.39 bits per heavy atom. The molecule has 1 aliphatic heterocycles. The van der Waals surface area contributed by atoms with Gasteiger partial charge in [-0.3, -0.25) is 9.69 Å². The average Bonchev–Trinajstić information content (AvgIpc) is 3.20. The summed E-state index contributed by atoms with van der Waals surface area (Å²) in [5.74, 6) is -0.370. The third kappa shape index (κ3) is 9.68. The molecule has 9 nitrogen and oxygen atoms in total. The van der Waals surface area contributed by atoms with Gasteiger partial charge in [-0.1, -0.05) is 127 Å². The molecule has 6 rings (SSSR count). The van der Waals surface area contributed by atoms with E-state index in [1.807, 2.05) is 135 Å². The lowest BCUT2D eigenvalue weighted by Crippen LogP contribution is -2.46. The third-order valence-electron chi connectivity index (χ3n) is 10.2. The van der Waals surface area contributed by atoms with Crippen molar-refractivity contribution in [2.45, 2.75) is 69.5 Å². The van der Waals surface area contributed by atoms with E-state index in [9.17, 15) is 19.8 Å². The van der Waals surface area contributed by atoms with Gasteiger partial charge < -0.3 is 30.3 Å². The van der Waals surface area contributed by atoms with Gasteiger partial charge in [0.2, 0.25) is 0 Å². The SMILES string of the molecule is CC(=O)C(Cc1ccccc1)NC(=O)Nc1cccc(C2OC(CN(C)C(C)C(O)c3ccccc3)C(c3ccccc3)C(c3ccc(CO)cc3)O2)c1. The van der Waals surface area contributed by atoms with Gasteiger partial charge in [0.15, 0.2) is 12.1 Å². The molecule has 4 N–H and O–H groups in total. The topological polar surface area (TPSA) is 120 Å². The van der Waals surface area contributed by atoms with Gasteiger partial charge in [0, 0.05) is 29.8 Å². The number of likely N-dealkylation sites (N-methyl/N-ethyl adjacent to an activating group) is 1. The number of ether oxygens (including phenoxy) is 2. The lowest BCUT2D eigenvalue weighted by molar-refractivity contribution is -0.264. The molecule has 280 valence electrons. The highest BCUT2D eigenvalue weighted by atomic mass is 16.7. The predicted molar refractivity (Wildman–Crippen MR) is 210 cm³/mol. The van der Waals surface area contributed by atoms with Crippen molar-refractivity contribution in [3.05, 3.63) is 173 Å². The second kappa shape index (κ2) is 18.2. The van der Waals surface area contributed by atoms with Crippen molar-refractivity contribution in [2.75, 3.05) is 18.9 Å². The number of rotatable bonds is 14. The van der Waals surface area contributed by atoms with Crippen LogP contribution in [0.25, 0.3) is 0 Å². The third-order valence-corrected chi connectivity index (χ3v) is 10.2. The fourth-order valence-corrected chi connectivity index (χ4v) is 7.02. The Bertz CT molecular complexity index is 1940. The van der Waals surface area contributed by atoms with Gasteiger partial charge in [-0.25, -0.2) is 4.79 Å². The first kappa shape index (κ1) is 38.6. The quantitative estimate of drug-likeness (QED) is 0.0936. The smallest absolute Gasteiger partial charge is 0.319 e. The first-order valence-electron chi connectivity index (χ1n) is 18.4. The van der Waals surface area contributed by atoms with Crippen LogP contribution < -0.4 is 10.6 Å². The number of Topliss-reactive ketones (excluding diaryl/α,β-unsaturated/α-hetero) is 1. The zero-order valence-corrected chi connectivity index (χ0v) is 30.9. The molecule has 9 heteroatoms. The van der Waals surface area contributed by atoms with Crippen LogP contribution in [0.1, 0.15) is 71.6 Å². The van der Waals surface area contributed by atoms with Crippen molar-refractivity contribution in [2.24, 2.45) is 0 Å². The standard InChI is InChI=1S/C45H49N3O6/c1-30(42(51)35-18-11-6-12-19-35)48(3)28-40-41(34-16-9-5-10-17-34)43(36-24-22-33(29-49)23-25-36)54-44(53-40)37-20-13-21-38(27-37)46-45(52)47-39(31(2)50)26-32-14-7-4-8-15-32/h4-25,27,30,39-44,49,51H,26,28-29H2,1-3H3,(H2,46,47,52). The molecular formula is C45H49N3O6. The molecule has 2 amide bonds. The van der Waals surface area contributed by atoms with Gasteiger partial charge in [0.25, 0.3) is 0 Å².